The number of aromatic nitrogens is 1. The third-order valence-electron chi connectivity index (χ3n) is 2.32. The lowest BCUT2D eigenvalue weighted by molar-refractivity contribution is -0.0498. The van der Waals surface area contributed by atoms with Crippen LogP contribution in [0.15, 0.2) is 34.9 Å². The number of benzene rings is 1. The van der Waals surface area contributed by atoms with Gasteiger partial charge in [0.15, 0.2) is 5.69 Å². The maximum atomic E-state index is 12.0. The third kappa shape index (κ3) is 4.16. The molecule has 2 aromatic rings. The monoisotopic (exact) mass is 298 g/mol. The number of hydrogen-bond acceptors (Lipinski definition) is 6. The zero-order chi connectivity index (χ0) is 15.2. The van der Waals surface area contributed by atoms with Gasteiger partial charge in [0.1, 0.15) is 12.0 Å². The molecule has 21 heavy (non-hydrogen) atoms. The highest BCUT2D eigenvalue weighted by molar-refractivity contribution is 5.87. The molecular weight excluding hydrogens is 286 g/mol. The zero-order valence-electron chi connectivity index (χ0n) is 11.0. The van der Waals surface area contributed by atoms with Gasteiger partial charge < -0.3 is 19.2 Å². The highest BCUT2D eigenvalue weighted by atomic mass is 19.3. The molecule has 0 fully saturated rings. The molecule has 0 atom stereocenters. The first-order chi connectivity index (χ1) is 10.1. The summed E-state index contributed by atoms with van der Waals surface area (Å²) >= 11 is 0. The average Bonchev–Trinajstić information content (AvgIpc) is 2.89. The first kappa shape index (κ1) is 14.8. The largest absolute Gasteiger partial charge is 0.461 e. The molecule has 0 saturated carbocycles. The van der Waals surface area contributed by atoms with Gasteiger partial charge in [0.25, 0.3) is 6.01 Å². The number of anilines is 2. The molecule has 0 spiro atoms. The van der Waals surface area contributed by atoms with E-state index >= 15 is 0 Å². The molecule has 0 radical (unpaired) electrons. The third-order valence-corrected chi connectivity index (χ3v) is 2.32. The van der Waals surface area contributed by atoms with Crippen molar-refractivity contribution in [2.24, 2.45) is 0 Å². The second-order valence-corrected chi connectivity index (χ2v) is 3.79. The topological polar surface area (TPSA) is 73.6 Å². The second kappa shape index (κ2) is 6.69. The Kier molecular flexibility index (Phi) is 4.70. The maximum Gasteiger partial charge on any atom is 0.387 e. The number of rotatable bonds is 6. The second-order valence-electron chi connectivity index (χ2n) is 3.79. The number of halogens is 2. The van der Waals surface area contributed by atoms with E-state index in [0.717, 1.165) is 6.26 Å². The molecule has 1 aromatic heterocycles. The number of nitrogens with one attached hydrogen (secondary N) is 1. The predicted octanol–water partition coefficient (Wildman–Crippen LogP) is 3.20. The van der Waals surface area contributed by atoms with Crippen LogP contribution in [0.3, 0.4) is 0 Å². The molecule has 1 heterocycles. The van der Waals surface area contributed by atoms with Crippen molar-refractivity contribution in [3.63, 3.8) is 0 Å². The Morgan fingerprint density at radius 1 is 1.38 bits per heavy atom. The zero-order valence-corrected chi connectivity index (χ0v) is 11.0. The molecule has 8 heteroatoms. The van der Waals surface area contributed by atoms with E-state index in [9.17, 15) is 13.6 Å². The first-order valence-corrected chi connectivity index (χ1v) is 6.03. The van der Waals surface area contributed by atoms with Gasteiger partial charge in [0, 0.05) is 5.69 Å². The number of alkyl halides is 2. The summed E-state index contributed by atoms with van der Waals surface area (Å²) in [7, 11) is 0. The SMILES string of the molecule is CCOC(=O)c1coc(Nc2ccc(OC(F)F)cc2)n1. The number of ether oxygens (including phenoxy) is 2. The van der Waals surface area contributed by atoms with Gasteiger partial charge in [-0.25, -0.2) is 4.79 Å². The molecule has 0 bridgehead atoms. The van der Waals surface area contributed by atoms with Crippen molar-refractivity contribution in [1.82, 2.24) is 4.98 Å². The van der Waals surface area contributed by atoms with Crippen LogP contribution in [0.4, 0.5) is 20.5 Å². The van der Waals surface area contributed by atoms with Crippen molar-refractivity contribution in [2.45, 2.75) is 13.5 Å². The van der Waals surface area contributed by atoms with Gasteiger partial charge in [-0.2, -0.15) is 13.8 Å². The van der Waals surface area contributed by atoms with E-state index in [2.05, 4.69) is 15.0 Å². The Hall–Kier alpha value is -2.64. The van der Waals surface area contributed by atoms with Crippen molar-refractivity contribution in [3.8, 4) is 5.75 Å². The molecule has 0 aliphatic rings. The van der Waals surface area contributed by atoms with Crippen LogP contribution in [-0.4, -0.2) is 24.2 Å². The van der Waals surface area contributed by atoms with Crippen LogP contribution in [-0.2, 0) is 4.74 Å². The lowest BCUT2D eigenvalue weighted by atomic mass is 10.3. The van der Waals surface area contributed by atoms with Gasteiger partial charge in [0.05, 0.1) is 6.61 Å². The van der Waals surface area contributed by atoms with E-state index in [4.69, 9.17) is 9.15 Å². The van der Waals surface area contributed by atoms with Crippen molar-refractivity contribution in [1.29, 1.82) is 0 Å². The van der Waals surface area contributed by atoms with E-state index in [-0.39, 0.29) is 24.1 Å². The van der Waals surface area contributed by atoms with Crippen molar-refractivity contribution >= 4 is 17.7 Å². The normalized spacial score (nSPS) is 10.5. The van der Waals surface area contributed by atoms with Crippen LogP contribution in [0.2, 0.25) is 0 Å². The summed E-state index contributed by atoms with van der Waals surface area (Å²) in [6.07, 6.45) is 1.16. The van der Waals surface area contributed by atoms with Crippen LogP contribution >= 0.6 is 0 Å². The number of esters is 1. The quantitative estimate of drug-likeness (QED) is 0.826. The fraction of sp³-hybridized carbons (Fsp3) is 0.231. The molecule has 0 unspecified atom stereocenters. The standard InChI is InChI=1S/C13H12F2N2O4/c1-2-19-11(18)10-7-20-13(17-10)16-8-3-5-9(6-4-8)21-12(14)15/h3-7,12H,2H2,1H3,(H,16,17). The summed E-state index contributed by atoms with van der Waals surface area (Å²) in [5.41, 5.74) is 0.575. The highest BCUT2D eigenvalue weighted by Gasteiger charge is 2.13. The summed E-state index contributed by atoms with van der Waals surface area (Å²) in [5, 5.41) is 2.77. The van der Waals surface area contributed by atoms with Crippen molar-refractivity contribution < 1.29 is 27.5 Å². The smallest absolute Gasteiger partial charge is 0.387 e. The van der Waals surface area contributed by atoms with E-state index in [1.54, 1.807) is 6.92 Å². The molecule has 0 aliphatic heterocycles. The molecule has 0 aliphatic carbocycles. The minimum absolute atomic E-state index is 0.0372. The summed E-state index contributed by atoms with van der Waals surface area (Å²) in [6, 6.07) is 5.83. The van der Waals surface area contributed by atoms with Crippen LogP contribution in [0, 0.1) is 0 Å². The molecule has 6 nitrogen and oxygen atoms in total. The lowest BCUT2D eigenvalue weighted by Crippen LogP contribution is -2.05. The van der Waals surface area contributed by atoms with Gasteiger partial charge in [-0.1, -0.05) is 0 Å². The van der Waals surface area contributed by atoms with Crippen molar-refractivity contribution in [2.75, 3.05) is 11.9 Å². The fourth-order valence-corrected chi connectivity index (χ4v) is 1.47. The van der Waals surface area contributed by atoms with Gasteiger partial charge >= 0.3 is 12.6 Å². The Bertz CT molecular complexity index is 598. The Balaban J connectivity index is 2.00. The van der Waals surface area contributed by atoms with E-state index in [1.807, 2.05) is 0 Å². The summed E-state index contributed by atoms with van der Waals surface area (Å²) in [6.45, 7) is -0.956. The molecular formula is C13H12F2N2O4. The molecule has 1 N–H and O–H groups in total. The molecule has 0 saturated heterocycles. The highest BCUT2D eigenvalue weighted by Crippen LogP contribution is 2.21. The number of carbonyl (C=O) groups excluding carboxylic acids is 1. The molecule has 0 amide bonds. The average molecular weight is 298 g/mol. The van der Waals surface area contributed by atoms with E-state index in [0.29, 0.717) is 5.69 Å². The minimum Gasteiger partial charge on any atom is -0.461 e. The van der Waals surface area contributed by atoms with Gasteiger partial charge in [-0.15, -0.1) is 0 Å². The Labute approximate surface area is 118 Å². The Morgan fingerprint density at radius 2 is 2.10 bits per heavy atom. The van der Waals surface area contributed by atoms with Crippen LogP contribution < -0.4 is 10.1 Å². The number of hydrogen-bond donors (Lipinski definition) is 1. The number of carbonyl (C=O) groups is 1. The molecule has 2 rings (SSSR count). The van der Waals surface area contributed by atoms with E-state index < -0.39 is 12.6 Å². The van der Waals surface area contributed by atoms with Crippen molar-refractivity contribution in [3.05, 3.63) is 36.2 Å². The van der Waals surface area contributed by atoms with Gasteiger partial charge in [-0.3, -0.25) is 0 Å². The Morgan fingerprint density at radius 3 is 2.71 bits per heavy atom. The van der Waals surface area contributed by atoms with Gasteiger partial charge in [-0.05, 0) is 31.2 Å². The fourth-order valence-electron chi connectivity index (χ4n) is 1.47. The number of oxazole rings is 1. The first-order valence-electron chi connectivity index (χ1n) is 6.03. The van der Waals surface area contributed by atoms with Gasteiger partial charge in [0.2, 0.25) is 0 Å². The van der Waals surface area contributed by atoms with Crippen LogP contribution in [0.5, 0.6) is 5.75 Å². The summed E-state index contributed by atoms with van der Waals surface area (Å²) in [5.74, 6) is -0.551. The number of nitrogens with zero attached hydrogens (tertiary/aromatic N) is 1. The molecule has 112 valence electrons. The van der Waals surface area contributed by atoms with Crippen LogP contribution in [0.1, 0.15) is 17.4 Å². The van der Waals surface area contributed by atoms with Crippen LogP contribution in [0.25, 0.3) is 0 Å². The van der Waals surface area contributed by atoms with E-state index in [1.165, 1.54) is 24.3 Å². The maximum absolute atomic E-state index is 12.0. The minimum atomic E-state index is -2.87. The summed E-state index contributed by atoms with van der Waals surface area (Å²) < 4.78 is 38.0. The predicted molar refractivity (Wildman–Crippen MR) is 68.8 cm³/mol. The summed E-state index contributed by atoms with van der Waals surface area (Å²) in [4.78, 5) is 15.3. The lowest BCUT2D eigenvalue weighted by Gasteiger charge is -2.05. The molecule has 1 aromatic carbocycles.